The van der Waals surface area contributed by atoms with Crippen LogP contribution in [0.5, 0.6) is 0 Å². The Labute approximate surface area is 73.1 Å². The molecular weight excluding hydrogens is 178 g/mol. The number of sulfonamides is 1. The number of nitrogens with two attached hydrogens (primary N) is 1. The van der Waals surface area contributed by atoms with Gasteiger partial charge in [-0.05, 0) is 26.2 Å². The van der Waals surface area contributed by atoms with Gasteiger partial charge in [-0.2, -0.15) is 0 Å². The number of hydrogen-bond acceptors (Lipinski definition) is 3. The molecule has 1 saturated heterocycles. The first-order valence-electron chi connectivity index (χ1n) is 4.13. The SMILES string of the molecule is CC(CC1CCCO1)S(N)(=O)=O. The Kier molecular flexibility index (Phi) is 3.09. The molecule has 0 spiro atoms. The fourth-order valence-electron chi connectivity index (χ4n) is 1.33. The van der Waals surface area contributed by atoms with Crippen LogP contribution in [0.25, 0.3) is 0 Å². The Hall–Kier alpha value is -0.130. The first kappa shape index (κ1) is 9.95. The molecule has 0 saturated carbocycles. The lowest BCUT2D eigenvalue weighted by molar-refractivity contribution is 0.104. The molecule has 0 aromatic rings. The summed E-state index contributed by atoms with van der Waals surface area (Å²) in [5.74, 6) is 0. The van der Waals surface area contributed by atoms with Crippen molar-refractivity contribution in [3.63, 3.8) is 0 Å². The molecule has 1 aliphatic rings. The second kappa shape index (κ2) is 3.72. The van der Waals surface area contributed by atoms with Gasteiger partial charge in [0.25, 0.3) is 0 Å². The van der Waals surface area contributed by atoms with Gasteiger partial charge in [0.2, 0.25) is 10.0 Å². The molecule has 0 radical (unpaired) electrons. The zero-order valence-electron chi connectivity index (χ0n) is 7.19. The maximum absolute atomic E-state index is 10.8. The van der Waals surface area contributed by atoms with Crippen molar-refractivity contribution in [1.29, 1.82) is 0 Å². The highest BCUT2D eigenvalue weighted by atomic mass is 32.2. The Morgan fingerprint density at radius 1 is 1.67 bits per heavy atom. The minimum Gasteiger partial charge on any atom is -0.378 e. The zero-order valence-corrected chi connectivity index (χ0v) is 8.01. The minimum absolute atomic E-state index is 0.0957. The average Bonchev–Trinajstić information content (AvgIpc) is 2.37. The molecule has 12 heavy (non-hydrogen) atoms. The van der Waals surface area contributed by atoms with E-state index in [9.17, 15) is 8.42 Å². The van der Waals surface area contributed by atoms with Gasteiger partial charge in [-0.25, -0.2) is 13.6 Å². The molecule has 1 aliphatic heterocycles. The van der Waals surface area contributed by atoms with Crippen LogP contribution in [0.1, 0.15) is 26.2 Å². The lowest BCUT2D eigenvalue weighted by Crippen LogP contribution is -2.29. The summed E-state index contributed by atoms with van der Waals surface area (Å²) in [5, 5.41) is 4.49. The molecule has 5 heteroatoms. The second-order valence-corrected chi connectivity index (χ2v) is 5.25. The van der Waals surface area contributed by atoms with E-state index in [1.54, 1.807) is 6.92 Å². The molecule has 1 heterocycles. The lowest BCUT2D eigenvalue weighted by atomic mass is 10.1. The van der Waals surface area contributed by atoms with Crippen molar-refractivity contribution in [2.75, 3.05) is 6.61 Å². The van der Waals surface area contributed by atoms with Gasteiger partial charge in [-0.1, -0.05) is 0 Å². The van der Waals surface area contributed by atoms with Crippen molar-refractivity contribution in [1.82, 2.24) is 0 Å². The Morgan fingerprint density at radius 3 is 2.75 bits per heavy atom. The van der Waals surface area contributed by atoms with Crippen LogP contribution in [0.4, 0.5) is 0 Å². The maximum atomic E-state index is 10.8. The molecule has 0 aliphatic carbocycles. The summed E-state index contributed by atoms with van der Waals surface area (Å²) in [7, 11) is -3.37. The van der Waals surface area contributed by atoms with Crippen LogP contribution >= 0.6 is 0 Å². The molecule has 72 valence electrons. The summed E-state index contributed by atoms with van der Waals surface area (Å²) >= 11 is 0. The molecule has 0 bridgehead atoms. The molecule has 2 N–H and O–H groups in total. The van der Waals surface area contributed by atoms with E-state index in [0.717, 1.165) is 19.4 Å². The Balaban J connectivity index is 2.40. The van der Waals surface area contributed by atoms with Crippen LogP contribution < -0.4 is 5.14 Å². The Morgan fingerprint density at radius 2 is 2.33 bits per heavy atom. The molecule has 2 atom stereocenters. The first-order valence-corrected chi connectivity index (χ1v) is 5.74. The molecule has 1 rings (SSSR count). The second-order valence-electron chi connectivity index (χ2n) is 3.27. The largest absolute Gasteiger partial charge is 0.378 e. The highest BCUT2D eigenvalue weighted by Gasteiger charge is 2.23. The van der Waals surface area contributed by atoms with Crippen molar-refractivity contribution in [3.05, 3.63) is 0 Å². The highest BCUT2D eigenvalue weighted by molar-refractivity contribution is 7.89. The molecule has 0 amide bonds. The predicted octanol–water partition coefficient (Wildman–Crippen LogP) is 0.233. The van der Waals surface area contributed by atoms with E-state index >= 15 is 0 Å². The standard InChI is InChI=1S/C7H15NO3S/c1-6(12(8,9)10)5-7-3-2-4-11-7/h6-7H,2-5H2,1H3,(H2,8,9,10). The predicted molar refractivity (Wildman–Crippen MR) is 46.2 cm³/mol. The Bertz CT molecular complexity index is 231. The van der Waals surface area contributed by atoms with Crippen molar-refractivity contribution >= 4 is 10.0 Å². The van der Waals surface area contributed by atoms with Crippen molar-refractivity contribution in [2.24, 2.45) is 5.14 Å². The summed E-state index contributed by atoms with van der Waals surface area (Å²) in [6.45, 7) is 2.37. The third kappa shape index (κ3) is 2.73. The molecule has 1 fully saturated rings. The normalized spacial score (nSPS) is 27.3. The summed E-state index contributed by atoms with van der Waals surface area (Å²) in [5.41, 5.74) is 0. The van der Waals surface area contributed by atoms with Crippen LogP contribution in [0, 0.1) is 0 Å². The van der Waals surface area contributed by atoms with Crippen molar-refractivity contribution in [2.45, 2.75) is 37.5 Å². The van der Waals surface area contributed by atoms with Crippen LogP contribution in [0.2, 0.25) is 0 Å². The minimum atomic E-state index is -3.37. The average molecular weight is 193 g/mol. The van der Waals surface area contributed by atoms with Gasteiger partial charge < -0.3 is 4.74 Å². The number of ether oxygens (including phenoxy) is 1. The summed E-state index contributed by atoms with van der Waals surface area (Å²) in [6.07, 6.45) is 2.61. The van der Waals surface area contributed by atoms with Crippen LogP contribution in [0.3, 0.4) is 0 Å². The fourth-order valence-corrected chi connectivity index (χ4v) is 1.82. The summed E-state index contributed by atoms with van der Waals surface area (Å²) in [6, 6.07) is 0. The van der Waals surface area contributed by atoms with E-state index in [-0.39, 0.29) is 6.10 Å². The summed E-state index contributed by atoms with van der Waals surface area (Å²) in [4.78, 5) is 0. The molecule has 0 aromatic heterocycles. The molecule has 4 nitrogen and oxygen atoms in total. The van der Waals surface area contributed by atoms with Crippen molar-refractivity contribution in [3.8, 4) is 0 Å². The van der Waals surface area contributed by atoms with Gasteiger partial charge in [0.1, 0.15) is 0 Å². The summed E-state index contributed by atoms with van der Waals surface area (Å²) < 4.78 is 27.0. The lowest BCUT2D eigenvalue weighted by Gasteiger charge is -2.13. The molecular formula is C7H15NO3S. The monoisotopic (exact) mass is 193 g/mol. The van der Waals surface area contributed by atoms with Gasteiger partial charge in [-0.15, -0.1) is 0 Å². The quantitative estimate of drug-likeness (QED) is 0.697. The molecule has 2 unspecified atom stereocenters. The maximum Gasteiger partial charge on any atom is 0.211 e. The van der Waals surface area contributed by atoms with Gasteiger partial charge in [0.05, 0.1) is 11.4 Å². The van der Waals surface area contributed by atoms with E-state index in [1.165, 1.54) is 0 Å². The zero-order chi connectivity index (χ0) is 9.19. The van der Waals surface area contributed by atoms with Gasteiger partial charge in [0, 0.05) is 6.61 Å². The third-order valence-corrected chi connectivity index (χ3v) is 3.49. The highest BCUT2D eigenvalue weighted by Crippen LogP contribution is 2.18. The molecule has 0 aromatic carbocycles. The first-order chi connectivity index (χ1) is 5.50. The van der Waals surface area contributed by atoms with E-state index in [2.05, 4.69) is 0 Å². The van der Waals surface area contributed by atoms with E-state index in [4.69, 9.17) is 9.88 Å². The smallest absolute Gasteiger partial charge is 0.211 e. The van der Waals surface area contributed by atoms with Crippen molar-refractivity contribution < 1.29 is 13.2 Å². The van der Waals surface area contributed by atoms with Gasteiger partial charge in [-0.3, -0.25) is 0 Å². The van der Waals surface area contributed by atoms with E-state index < -0.39 is 15.3 Å². The fraction of sp³-hybridized carbons (Fsp3) is 1.00. The number of rotatable bonds is 3. The van der Waals surface area contributed by atoms with Crippen LogP contribution in [0.15, 0.2) is 0 Å². The third-order valence-electron chi connectivity index (χ3n) is 2.18. The van der Waals surface area contributed by atoms with E-state index in [1.807, 2.05) is 0 Å². The van der Waals surface area contributed by atoms with Gasteiger partial charge >= 0.3 is 0 Å². The van der Waals surface area contributed by atoms with Crippen LogP contribution in [-0.4, -0.2) is 26.4 Å². The topological polar surface area (TPSA) is 69.4 Å². The van der Waals surface area contributed by atoms with Crippen LogP contribution in [-0.2, 0) is 14.8 Å². The van der Waals surface area contributed by atoms with Gasteiger partial charge in [0.15, 0.2) is 0 Å². The number of hydrogen-bond donors (Lipinski definition) is 1. The number of primary sulfonamides is 1. The van der Waals surface area contributed by atoms with E-state index in [0.29, 0.717) is 6.42 Å².